The second kappa shape index (κ2) is 8.30. The molecule has 5 nitrogen and oxygen atoms in total. The van der Waals surface area contributed by atoms with Gasteiger partial charge in [-0.25, -0.2) is 4.98 Å². The largest absolute Gasteiger partial charge is 0.497 e. The van der Waals surface area contributed by atoms with E-state index in [4.69, 9.17) is 9.72 Å². The number of para-hydroxylation sites is 1. The third kappa shape index (κ3) is 4.25. The van der Waals surface area contributed by atoms with Crippen LogP contribution in [0.4, 0.5) is 5.82 Å². The number of pyridine rings is 1. The van der Waals surface area contributed by atoms with Crippen molar-refractivity contribution in [3.05, 3.63) is 66.2 Å². The van der Waals surface area contributed by atoms with Crippen molar-refractivity contribution in [2.45, 2.75) is 37.8 Å². The lowest BCUT2D eigenvalue weighted by Gasteiger charge is -2.30. The van der Waals surface area contributed by atoms with Crippen molar-refractivity contribution in [1.82, 2.24) is 10.3 Å². The van der Waals surface area contributed by atoms with Gasteiger partial charge in [-0.15, -0.1) is 0 Å². The number of methoxy groups -OCH3 is 1. The number of anilines is 1. The Balaban J connectivity index is 1.30. The second-order valence-electron chi connectivity index (χ2n) is 7.29. The summed E-state index contributed by atoms with van der Waals surface area (Å²) in [7, 11) is 1.61. The van der Waals surface area contributed by atoms with Crippen molar-refractivity contribution in [3.8, 4) is 5.75 Å². The summed E-state index contributed by atoms with van der Waals surface area (Å²) in [6.07, 6.45) is 3.94. The first-order valence-corrected chi connectivity index (χ1v) is 9.78. The second-order valence-corrected chi connectivity index (χ2v) is 7.29. The highest BCUT2D eigenvalue weighted by Crippen LogP contribution is 2.23. The first-order valence-electron chi connectivity index (χ1n) is 9.78. The predicted octanol–water partition coefficient (Wildman–Crippen LogP) is 4.40. The first kappa shape index (κ1) is 18.3. The number of hydrogen-bond acceptors (Lipinski definition) is 4. The van der Waals surface area contributed by atoms with E-state index >= 15 is 0 Å². The monoisotopic (exact) mass is 375 g/mol. The average molecular weight is 375 g/mol. The molecule has 2 aromatic carbocycles. The molecule has 0 radical (unpaired) electrons. The minimum Gasteiger partial charge on any atom is -0.497 e. The molecule has 144 valence electrons. The van der Waals surface area contributed by atoms with Gasteiger partial charge >= 0.3 is 0 Å². The zero-order valence-electron chi connectivity index (χ0n) is 16.0. The quantitative estimate of drug-likeness (QED) is 0.694. The topological polar surface area (TPSA) is 63.2 Å². The number of rotatable bonds is 5. The van der Waals surface area contributed by atoms with Gasteiger partial charge in [-0.3, -0.25) is 4.79 Å². The summed E-state index contributed by atoms with van der Waals surface area (Å²) in [5.41, 5.74) is 1.65. The van der Waals surface area contributed by atoms with Crippen LogP contribution in [0.5, 0.6) is 5.75 Å². The number of nitrogens with zero attached hydrogens (tertiary/aromatic N) is 1. The summed E-state index contributed by atoms with van der Waals surface area (Å²) >= 11 is 0. The molecule has 1 heterocycles. The number of ether oxygens (including phenoxy) is 1. The van der Waals surface area contributed by atoms with Crippen LogP contribution in [0, 0.1) is 0 Å². The lowest BCUT2D eigenvalue weighted by atomic mass is 9.91. The summed E-state index contributed by atoms with van der Waals surface area (Å²) in [4.78, 5) is 17.2. The van der Waals surface area contributed by atoms with E-state index in [1.807, 2.05) is 42.5 Å². The summed E-state index contributed by atoms with van der Waals surface area (Å²) in [5, 5.41) is 7.86. The van der Waals surface area contributed by atoms with Crippen LogP contribution in [0.15, 0.2) is 60.7 Å². The molecule has 1 aromatic heterocycles. The Morgan fingerprint density at radius 1 is 0.964 bits per heavy atom. The zero-order chi connectivity index (χ0) is 19.3. The number of benzene rings is 2. The summed E-state index contributed by atoms with van der Waals surface area (Å²) < 4.78 is 5.20. The molecule has 1 amide bonds. The van der Waals surface area contributed by atoms with E-state index in [9.17, 15) is 4.79 Å². The van der Waals surface area contributed by atoms with Crippen molar-refractivity contribution in [2.24, 2.45) is 0 Å². The maximum absolute atomic E-state index is 12.5. The van der Waals surface area contributed by atoms with Crippen LogP contribution >= 0.6 is 0 Å². The van der Waals surface area contributed by atoms with Gasteiger partial charge in [-0.1, -0.05) is 24.3 Å². The average Bonchev–Trinajstić information content (AvgIpc) is 2.75. The third-order valence-electron chi connectivity index (χ3n) is 5.34. The van der Waals surface area contributed by atoms with E-state index in [1.165, 1.54) is 0 Å². The predicted molar refractivity (Wildman–Crippen MR) is 112 cm³/mol. The zero-order valence-corrected chi connectivity index (χ0v) is 16.0. The number of carbonyl (C=O) groups is 1. The summed E-state index contributed by atoms with van der Waals surface area (Å²) in [6.45, 7) is 0. The highest BCUT2D eigenvalue weighted by molar-refractivity contribution is 5.94. The Morgan fingerprint density at radius 2 is 1.75 bits per heavy atom. The van der Waals surface area contributed by atoms with Crippen LogP contribution in [0.2, 0.25) is 0 Å². The Hall–Kier alpha value is -3.08. The molecule has 28 heavy (non-hydrogen) atoms. The van der Waals surface area contributed by atoms with Gasteiger partial charge in [0, 0.05) is 23.0 Å². The Bertz CT molecular complexity index is 965. The molecule has 0 atom stereocenters. The van der Waals surface area contributed by atoms with Gasteiger partial charge in [0.1, 0.15) is 11.6 Å². The molecule has 4 rings (SSSR count). The SMILES string of the molecule is COc1cccc(C(=O)N[C@H]2CC[C@@H](Nc3ccc4ccccc4n3)CC2)c1. The Morgan fingerprint density at radius 3 is 2.57 bits per heavy atom. The van der Waals surface area contributed by atoms with E-state index in [0.29, 0.717) is 17.4 Å². The first-order chi connectivity index (χ1) is 13.7. The van der Waals surface area contributed by atoms with Gasteiger partial charge in [0.05, 0.1) is 12.6 Å². The fourth-order valence-electron chi connectivity index (χ4n) is 3.77. The van der Waals surface area contributed by atoms with Crippen molar-refractivity contribution in [2.75, 3.05) is 12.4 Å². The van der Waals surface area contributed by atoms with Crippen molar-refractivity contribution in [3.63, 3.8) is 0 Å². The molecule has 2 N–H and O–H groups in total. The maximum atomic E-state index is 12.5. The number of nitrogens with one attached hydrogen (secondary N) is 2. The summed E-state index contributed by atoms with van der Waals surface area (Å²) in [5.74, 6) is 1.58. The van der Waals surface area contributed by atoms with Crippen molar-refractivity contribution in [1.29, 1.82) is 0 Å². The molecule has 0 aliphatic heterocycles. The number of amides is 1. The van der Waals surface area contributed by atoms with E-state index in [1.54, 1.807) is 13.2 Å². The number of fused-ring (bicyclic) bond motifs is 1. The third-order valence-corrected chi connectivity index (χ3v) is 5.34. The maximum Gasteiger partial charge on any atom is 0.251 e. The van der Waals surface area contributed by atoms with Crippen LogP contribution in [-0.2, 0) is 0 Å². The van der Waals surface area contributed by atoms with Crippen LogP contribution in [-0.4, -0.2) is 30.1 Å². The number of aromatic nitrogens is 1. The van der Waals surface area contributed by atoms with E-state index in [0.717, 1.165) is 42.4 Å². The van der Waals surface area contributed by atoms with Gasteiger partial charge in [0.2, 0.25) is 0 Å². The lowest BCUT2D eigenvalue weighted by molar-refractivity contribution is 0.0926. The molecule has 1 fully saturated rings. The molecular weight excluding hydrogens is 350 g/mol. The van der Waals surface area contributed by atoms with Gasteiger partial charge in [0.15, 0.2) is 0 Å². The molecule has 3 aromatic rings. The molecule has 1 aliphatic carbocycles. The van der Waals surface area contributed by atoms with Crippen LogP contribution in [0.3, 0.4) is 0 Å². The standard InChI is InChI=1S/C23H25N3O2/c1-28-20-7-4-6-17(15-20)23(27)25-19-12-10-18(11-13-19)24-22-14-9-16-5-2-3-8-21(16)26-22/h2-9,14-15,18-19H,10-13H2,1H3,(H,24,26)(H,25,27)/t18-,19+. The lowest BCUT2D eigenvalue weighted by Crippen LogP contribution is -2.40. The molecule has 0 spiro atoms. The Labute approximate surface area is 165 Å². The van der Waals surface area contributed by atoms with Gasteiger partial charge in [0.25, 0.3) is 5.91 Å². The normalized spacial score (nSPS) is 19.2. The molecule has 1 aliphatic rings. The number of hydrogen-bond donors (Lipinski definition) is 2. The molecule has 1 saturated carbocycles. The molecule has 5 heteroatoms. The van der Waals surface area contributed by atoms with Crippen LogP contribution < -0.4 is 15.4 Å². The van der Waals surface area contributed by atoms with Gasteiger partial charge < -0.3 is 15.4 Å². The summed E-state index contributed by atoms with van der Waals surface area (Å²) in [6, 6.07) is 20.1. The van der Waals surface area contributed by atoms with E-state index in [-0.39, 0.29) is 11.9 Å². The minimum atomic E-state index is -0.0356. The highest BCUT2D eigenvalue weighted by Gasteiger charge is 2.23. The fraction of sp³-hybridized carbons (Fsp3) is 0.304. The van der Waals surface area contributed by atoms with Gasteiger partial charge in [-0.2, -0.15) is 0 Å². The fourth-order valence-corrected chi connectivity index (χ4v) is 3.77. The highest BCUT2D eigenvalue weighted by atomic mass is 16.5. The van der Waals surface area contributed by atoms with Gasteiger partial charge in [-0.05, 0) is 62.1 Å². The smallest absolute Gasteiger partial charge is 0.251 e. The van der Waals surface area contributed by atoms with E-state index < -0.39 is 0 Å². The minimum absolute atomic E-state index is 0.0356. The molecular formula is C23H25N3O2. The van der Waals surface area contributed by atoms with Crippen LogP contribution in [0.1, 0.15) is 36.0 Å². The molecule has 0 bridgehead atoms. The van der Waals surface area contributed by atoms with Crippen LogP contribution in [0.25, 0.3) is 10.9 Å². The van der Waals surface area contributed by atoms with E-state index in [2.05, 4.69) is 22.8 Å². The molecule has 0 saturated heterocycles. The Kier molecular flexibility index (Phi) is 5.42. The van der Waals surface area contributed by atoms with Crippen molar-refractivity contribution < 1.29 is 9.53 Å². The number of carbonyl (C=O) groups excluding carboxylic acids is 1. The molecule has 0 unspecified atom stereocenters. The van der Waals surface area contributed by atoms with Crippen molar-refractivity contribution >= 4 is 22.6 Å².